The van der Waals surface area contributed by atoms with Crippen LogP contribution in [0.1, 0.15) is 19.8 Å². The van der Waals surface area contributed by atoms with E-state index in [1.807, 2.05) is 0 Å². The molecule has 0 N–H and O–H groups in total. The molecule has 0 spiro atoms. The molecule has 13 heavy (non-hydrogen) atoms. The first-order valence-corrected chi connectivity index (χ1v) is 4.11. The molecule has 0 fully saturated rings. The predicted octanol–water partition coefficient (Wildman–Crippen LogP) is 0.285. The van der Waals surface area contributed by atoms with Crippen LogP contribution in [-0.2, 0) is 19.1 Å². The molecule has 0 saturated heterocycles. The van der Waals surface area contributed by atoms with Crippen LogP contribution in [0.5, 0.6) is 0 Å². The summed E-state index contributed by atoms with van der Waals surface area (Å²) in [5.74, 6) is -0.304. The first-order chi connectivity index (χ1) is 6.22. The molecule has 0 aromatic heterocycles. The molecule has 1 amide bonds. The van der Waals surface area contributed by atoms with E-state index in [1.165, 1.54) is 0 Å². The van der Waals surface area contributed by atoms with E-state index in [2.05, 4.69) is 9.73 Å². The van der Waals surface area contributed by atoms with Gasteiger partial charge in [-0.3, -0.25) is 4.79 Å². The number of carbonyl (C=O) groups is 2. The van der Waals surface area contributed by atoms with Gasteiger partial charge in [0.25, 0.3) is 0 Å². The molecule has 1 rings (SSSR count). The molecule has 5 nitrogen and oxygen atoms in total. The molecule has 0 aliphatic carbocycles. The summed E-state index contributed by atoms with van der Waals surface area (Å²) in [5, 5.41) is 0. The number of hydrogen-bond acceptors (Lipinski definition) is 4. The third-order valence-corrected chi connectivity index (χ3v) is 1.46. The molecule has 0 atom stereocenters. The molecule has 1 aliphatic heterocycles. The lowest BCUT2D eigenvalue weighted by Gasteiger charge is -2.03. The lowest BCUT2D eigenvalue weighted by atomic mass is 10.3. The molecule has 0 aromatic carbocycles. The quantitative estimate of drug-likeness (QED) is 0.592. The number of amides is 1. The Morgan fingerprint density at radius 1 is 1.54 bits per heavy atom. The second-order valence-electron chi connectivity index (χ2n) is 2.49. The van der Waals surface area contributed by atoms with Crippen molar-refractivity contribution >= 4 is 17.8 Å². The van der Waals surface area contributed by atoms with Crippen molar-refractivity contribution in [2.24, 2.45) is 4.99 Å². The Labute approximate surface area is 75.7 Å². The van der Waals surface area contributed by atoms with Crippen LogP contribution in [0.15, 0.2) is 4.99 Å². The van der Waals surface area contributed by atoms with Gasteiger partial charge in [0.2, 0.25) is 5.91 Å². The van der Waals surface area contributed by atoms with Crippen LogP contribution < -0.4 is 0 Å². The fraction of sp³-hybridized carbons (Fsp3) is 0.625. The minimum Gasteiger partial charge on any atom is -0.469 e. The number of rotatable bonds is 3. The van der Waals surface area contributed by atoms with Gasteiger partial charge in [-0.1, -0.05) is 0 Å². The molecule has 0 unspecified atom stereocenters. The highest BCUT2D eigenvalue weighted by molar-refractivity contribution is 5.98. The van der Waals surface area contributed by atoms with Gasteiger partial charge in [-0.25, -0.2) is 4.79 Å². The maximum absolute atomic E-state index is 10.8. The third-order valence-electron chi connectivity index (χ3n) is 1.46. The zero-order valence-electron chi connectivity index (χ0n) is 7.41. The zero-order valence-corrected chi connectivity index (χ0v) is 7.41. The Balaban J connectivity index is 2.23. The van der Waals surface area contributed by atoms with Crippen molar-refractivity contribution in [1.29, 1.82) is 0 Å². The summed E-state index contributed by atoms with van der Waals surface area (Å²) < 4.78 is 9.57. The van der Waals surface area contributed by atoms with E-state index < -0.39 is 5.97 Å². The van der Waals surface area contributed by atoms with Gasteiger partial charge in [-0.05, 0) is 6.92 Å². The molecule has 1 aliphatic rings. The molecule has 0 saturated carbocycles. The molecule has 5 heteroatoms. The maximum atomic E-state index is 10.8. The summed E-state index contributed by atoms with van der Waals surface area (Å²) in [6.07, 6.45) is 0.858. The van der Waals surface area contributed by atoms with Crippen LogP contribution >= 0.6 is 0 Å². The SMILES string of the molecule is CCOC(=O)COC1=NC(=O)CC1. The van der Waals surface area contributed by atoms with E-state index in [0.717, 1.165) is 0 Å². The number of hydrogen-bond donors (Lipinski definition) is 0. The Morgan fingerprint density at radius 3 is 2.85 bits per heavy atom. The van der Waals surface area contributed by atoms with Crippen molar-refractivity contribution in [2.75, 3.05) is 13.2 Å². The monoisotopic (exact) mass is 185 g/mol. The van der Waals surface area contributed by atoms with E-state index in [4.69, 9.17) is 4.74 Å². The minimum atomic E-state index is -0.440. The number of esters is 1. The molecule has 72 valence electrons. The Kier molecular flexibility index (Phi) is 3.42. The maximum Gasteiger partial charge on any atom is 0.344 e. The number of nitrogens with zero attached hydrogens (tertiary/aromatic N) is 1. The second kappa shape index (κ2) is 4.59. The Hall–Kier alpha value is -1.39. The highest BCUT2D eigenvalue weighted by Crippen LogP contribution is 2.06. The molecular weight excluding hydrogens is 174 g/mol. The van der Waals surface area contributed by atoms with Gasteiger partial charge in [-0.15, -0.1) is 0 Å². The van der Waals surface area contributed by atoms with E-state index in [9.17, 15) is 9.59 Å². The summed E-state index contributed by atoms with van der Waals surface area (Å²) in [4.78, 5) is 25.0. The average Bonchev–Trinajstić information content (AvgIpc) is 2.49. The summed E-state index contributed by atoms with van der Waals surface area (Å²) in [6, 6.07) is 0. The van der Waals surface area contributed by atoms with Crippen molar-refractivity contribution in [3.05, 3.63) is 0 Å². The molecule has 0 aromatic rings. The minimum absolute atomic E-state index is 0.167. The first-order valence-electron chi connectivity index (χ1n) is 4.11. The second-order valence-corrected chi connectivity index (χ2v) is 2.49. The Bertz CT molecular complexity index is 247. The highest BCUT2D eigenvalue weighted by Gasteiger charge is 2.16. The van der Waals surface area contributed by atoms with Gasteiger partial charge < -0.3 is 9.47 Å². The topological polar surface area (TPSA) is 65.0 Å². The van der Waals surface area contributed by atoms with E-state index in [0.29, 0.717) is 25.3 Å². The van der Waals surface area contributed by atoms with Crippen molar-refractivity contribution in [2.45, 2.75) is 19.8 Å². The van der Waals surface area contributed by atoms with E-state index in [1.54, 1.807) is 6.92 Å². The first kappa shape index (κ1) is 9.70. The van der Waals surface area contributed by atoms with Crippen LogP contribution in [0, 0.1) is 0 Å². The summed E-state index contributed by atoms with van der Waals surface area (Å²) >= 11 is 0. The smallest absolute Gasteiger partial charge is 0.344 e. The van der Waals surface area contributed by atoms with Gasteiger partial charge in [0.15, 0.2) is 12.5 Å². The zero-order chi connectivity index (χ0) is 9.68. The third kappa shape index (κ3) is 3.23. The van der Waals surface area contributed by atoms with E-state index >= 15 is 0 Å². The number of carbonyl (C=O) groups excluding carboxylic acids is 2. The molecular formula is C8H11NO4. The summed E-state index contributed by atoms with van der Waals surface area (Å²) in [6.45, 7) is 1.88. The van der Waals surface area contributed by atoms with Crippen LogP contribution in [0.3, 0.4) is 0 Å². The van der Waals surface area contributed by atoms with Crippen molar-refractivity contribution in [3.63, 3.8) is 0 Å². The van der Waals surface area contributed by atoms with Gasteiger partial charge in [0.1, 0.15) is 0 Å². The van der Waals surface area contributed by atoms with Crippen molar-refractivity contribution in [1.82, 2.24) is 0 Å². The summed E-state index contributed by atoms with van der Waals surface area (Å²) in [7, 11) is 0. The molecule has 1 heterocycles. The molecule has 0 bridgehead atoms. The lowest BCUT2D eigenvalue weighted by Crippen LogP contribution is -2.15. The van der Waals surface area contributed by atoms with Gasteiger partial charge in [-0.2, -0.15) is 4.99 Å². The predicted molar refractivity (Wildman–Crippen MR) is 44.3 cm³/mol. The van der Waals surface area contributed by atoms with E-state index in [-0.39, 0.29) is 12.5 Å². The Morgan fingerprint density at radius 2 is 2.31 bits per heavy atom. The van der Waals surface area contributed by atoms with Crippen LogP contribution in [0.4, 0.5) is 0 Å². The fourth-order valence-corrected chi connectivity index (χ4v) is 0.914. The van der Waals surface area contributed by atoms with Gasteiger partial charge in [0.05, 0.1) is 6.61 Å². The van der Waals surface area contributed by atoms with Gasteiger partial charge >= 0.3 is 5.97 Å². The normalized spacial score (nSPS) is 15.5. The molecule has 0 radical (unpaired) electrons. The highest BCUT2D eigenvalue weighted by atomic mass is 16.6. The summed E-state index contributed by atoms with van der Waals surface area (Å²) in [5.41, 5.74) is 0. The number of ether oxygens (including phenoxy) is 2. The lowest BCUT2D eigenvalue weighted by molar-refractivity contribution is -0.145. The average molecular weight is 185 g/mol. The fourth-order valence-electron chi connectivity index (χ4n) is 0.914. The van der Waals surface area contributed by atoms with Crippen LogP contribution in [0.25, 0.3) is 0 Å². The largest absolute Gasteiger partial charge is 0.469 e. The van der Waals surface area contributed by atoms with Crippen molar-refractivity contribution < 1.29 is 19.1 Å². The van der Waals surface area contributed by atoms with Crippen LogP contribution in [0.2, 0.25) is 0 Å². The van der Waals surface area contributed by atoms with Crippen molar-refractivity contribution in [3.8, 4) is 0 Å². The number of aliphatic imine (C=N–C) groups is 1. The van der Waals surface area contributed by atoms with Crippen LogP contribution in [-0.4, -0.2) is 31.0 Å². The standard InChI is InChI=1S/C8H11NO4/c1-2-12-8(11)5-13-7-4-3-6(10)9-7/h2-5H2,1H3. The van der Waals surface area contributed by atoms with Gasteiger partial charge in [0, 0.05) is 12.8 Å².